The van der Waals surface area contributed by atoms with E-state index in [0.717, 1.165) is 21.1 Å². The molecule has 2 aliphatic rings. The van der Waals surface area contributed by atoms with E-state index < -0.39 is 24.2 Å². The zero-order valence-electron chi connectivity index (χ0n) is 15.2. The molecular weight excluding hydrogens is 378 g/mol. The van der Waals surface area contributed by atoms with Crippen LogP contribution in [0.15, 0.2) is 35.5 Å². The topological polar surface area (TPSA) is 7.94 Å². The maximum Gasteiger partial charge on any atom is 0.737 e. The smallest absolute Gasteiger partial charge is 0.393 e. The average molecular weight is 395 g/mol. The Labute approximate surface area is 159 Å². The molecule has 3 heterocycles. The minimum atomic E-state index is -4.20. The molecule has 0 unspecified atom stereocenters. The highest BCUT2D eigenvalue weighted by Gasteiger charge is 2.55. The van der Waals surface area contributed by atoms with Crippen LogP contribution in [0, 0.1) is 25.5 Å². The second-order valence-corrected chi connectivity index (χ2v) is 7.46. The molecule has 0 spiro atoms. The first kappa shape index (κ1) is 18.1. The molecule has 8 heteroatoms. The van der Waals surface area contributed by atoms with Crippen molar-refractivity contribution in [3.8, 4) is 0 Å². The van der Waals surface area contributed by atoms with E-state index >= 15 is 8.63 Å². The van der Waals surface area contributed by atoms with E-state index in [1.165, 1.54) is 0 Å². The Morgan fingerprint density at radius 3 is 2.41 bits per heavy atom. The number of rotatable bonds is 1. The summed E-state index contributed by atoms with van der Waals surface area (Å²) in [6, 6.07) is 3.77. The third kappa shape index (κ3) is 2.24. The number of benzene rings is 1. The molecule has 0 radical (unpaired) electrons. The number of nitrogens with zero attached hydrogens (tertiary/aromatic N) is 2. The molecule has 1 aromatic carbocycles. The second kappa shape index (κ2) is 5.61. The van der Waals surface area contributed by atoms with Crippen molar-refractivity contribution >= 4 is 29.9 Å². The first-order chi connectivity index (χ1) is 12.6. The maximum absolute atomic E-state index is 15.5. The number of fused-ring (bicyclic) bond motifs is 2. The molecule has 2 nitrogen and oxygen atoms in total. The van der Waals surface area contributed by atoms with Gasteiger partial charge in [0.2, 0.25) is 0 Å². The fourth-order valence-corrected chi connectivity index (χ4v) is 4.45. The number of halogens is 5. The van der Waals surface area contributed by atoms with Gasteiger partial charge < -0.3 is 17.6 Å². The summed E-state index contributed by atoms with van der Waals surface area (Å²) in [6.45, 7) is 2.24. The minimum Gasteiger partial charge on any atom is -0.393 e. The molecule has 0 bridgehead atoms. The lowest BCUT2D eigenvalue weighted by Crippen LogP contribution is -2.51. The summed E-state index contributed by atoms with van der Waals surface area (Å²) in [4.78, 5) is 0. The number of hydrogen-bond donors (Lipinski definition) is 0. The van der Waals surface area contributed by atoms with Crippen LogP contribution in [0.2, 0.25) is 5.02 Å². The van der Waals surface area contributed by atoms with Gasteiger partial charge in [0.15, 0.2) is 11.5 Å². The van der Waals surface area contributed by atoms with Crippen LogP contribution in [-0.4, -0.2) is 21.6 Å². The third-order valence-electron chi connectivity index (χ3n) is 5.23. The van der Waals surface area contributed by atoms with Crippen molar-refractivity contribution in [3.05, 3.63) is 74.7 Å². The molecule has 27 heavy (non-hydrogen) atoms. The van der Waals surface area contributed by atoms with Gasteiger partial charge in [-0.1, -0.05) is 11.6 Å². The minimum absolute atomic E-state index is 0.0940. The average Bonchev–Trinajstić information content (AvgIpc) is 3.04. The molecule has 2 aromatic rings. The zero-order chi connectivity index (χ0) is 19.8. The Morgan fingerprint density at radius 1 is 1.07 bits per heavy atom. The van der Waals surface area contributed by atoms with Crippen molar-refractivity contribution in [2.24, 2.45) is 0 Å². The number of aromatic nitrogens is 1. The normalized spacial score (nSPS) is 18.0. The first-order valence-corrected chi connectivity index (χ1v) is 8.86. The van der Waals surface area contributed by atoms with Crippen molar-refractivity contribution in [2.75, 3.05) is 0 Å². The lowest BCUT2D eigenvalue weighted by Gasteiger charge is -2.34. The van der Waals surface area contributed by atoms with E-state index in [9.17, 15) is 8.78 Å². The van der Waals surface area contributed by atoms with E-state index in [0.29, 0.717) is 22.5 Å². The largest absolute Gasteiger partial charge is 0.737 e. The Hall–Kier alpha value is -2.28. The third-order valence-corrected chi connectivity index (χ3v) is 5.52. The van der Waals surface area contributed by atoms with Gasteiger partial charge in [-0.25, -0.2) is 8.78 Å². The standard InChI is InChI=1S/C19H16BClF4N2/c1-9-7-11(3)26-18(9)16(15-14(22)6-5-13(21)17(15)23)19-10(2)8-12(4)27(19)20(26,24)25/h5-8H,1-4H3. The van der Waals surface area contributed by atoms with Crippen LogP contribution in [0.5, 0.6) is 0 Å². The van der Waals surface area contributed by atoms with Crippen molar-refractivity contribution in [2.45, 2.75) is 27.7 Å². The van der Waals surface area contributed by atoms with Crippen LogP contribution in [0.4, 0.5) is 17.4 Å². The molecule has 0 saturated carbocycles. The predicted octanol–water partition coefficient (Wildman–Crippen LogP) is 5.47. The summed E-state index contributed by atoms with van der Waals surface area (Å²) in [6.07, 6.45) is 1.60. The van der Waals surface area contributed by atoms with Crippen LogP contribution in [0.25, 0.3) is 5.57 Å². The molecule has 2 aliphatic heterocycles. The highest BCUT2D eigenvalue weighted by Crippen LogP contribution is 2.45. The fourth-order valence-electron chi connectivity index (χ4n) is 4.29. The predicted molar refractivity (Wildman–Crippen MR) is 99.4 cm³/mol. The van der Waals surface area contributed by atoms with Crippen LogP contribution < -0.4 is 0 Å². The molecular formula is C19H16BClF4N2. The van der Waals surface area contributed by atoms with E-state index in [1.807, 2.05) is 0 Å². The first-order valence-electron chi connectivity index (χ1n) is 8.48. The summed E-state index contributed by atoms with van der Waals surface area (Å²) in [5.41, 5.74) is 1.63. The molecule has 1 aromatic heterocycles. The van der Waals surface area contributed by atoms with Crippen LogP contribution >= 0.6 is 11.6 Å². The highest BCUT2D eigenvalue weighted by molar-refractivity contribution is 6.58. The fraction of sp³-hybridized carbons (Fsp3) is 0.211. The van der Waals surface area contributed by atoms with Gasteiger partial charge in [0.25, 0.3) is 0 Å². The van der Waals surface area contributed by atoms with Crippen molar-refractivity contribution in [1.29, 1.82) is 0 Å². The molecule has 140 valence electrons. The molecule has 0 N–H and O–H groups in total. The zero-order valence-corrected chi connectivity index (χ0v) is 15.9. The molecule has 0 aliphatic carbocycles. The van der Waals surface area contributed by atoms with Crippen LogP contribution in [-0.2, 0) is 0 Å². The van der Waals surface area contributed by atoms with Gasteiger partial charge in [0.05, 0.1) is 16.2 Å². The second-order valence-electron chi connectivity index (χ2n) is 7.06. The van der Waals surface area contributed by atoms with Gasteiger partial charge in [-0.3, -0.25) is 0 Å². The van der Waals surface area contributed by atoms with Gasteiger partial charge in [0.1, 0.15) is 11.5 Å². The number of hydrogen-bond acceptors (Lipinski definition) is 0. The molecule has 0 atom stereocenters. The summed E-state index contributed by atoms with van der Waals surface area (Å²) >= 11 is 5.89. The molecule has 0 saturated heterocycles. The Bertz CT molecular complexity index is 1130. The van der Waals surface area contributed by atoms with Gasteiger partial charge >= 0.3 is 6.97 Å². The van der Waals surface area contributed by atoms with Gasteiger partial charge in [-0.2, -0.15) is 0 Å². The number of allylic oxidation sites excluding steroid dienone is 2. The summed E-state index contributed by atoms with van der Waals surface area (Å²) in [5.74, 6) is -1.81. The van der Waals surface area contributed by atoms with Crippen LogP contribution in [0.1, 0.15) is 36.4 Å². The lowest BCUT2D eigenvalue weighted by atomic mass is 9.83. The van der Waals surface area contributed by atoms with E-state index in [2.05, 4.69) is 0 Å². The van der Waals surface area contributed by atoms with Crippen molar-refractivity contribution < 1.29 is 21.9 Å². The summed E-state index contributed by atoms with van der Waals surface area (Å²) in [5, 5.41) is -0.262. The Balaban J connectivity index is 2.25. The lowest BCUT2D eigenvalue weighted by molar-refractivity contribution is -0.363. The summed E-state index contributed by atoms with van der Waals surface area (Å²) in [7, 11) is 0. The van der Waals surface area contributed by atoms with E-state index in [1.54, 1.807) is 39.8 Å². The van der Waals surface area contributed by atoms with Gasteiger partial charge in [-0.15, -0.1) is 0 Å². The van der Waals surface area contributed by atoms with Crippen LogP contribution in [0.3, 0.4) is 0 Å². The monoisotopic (exact) mass is 394 g/mol. The van der Waals surface area contributed by atoms with E-state index in [4.69, 9.17) is 11.6 Å². The van der Waals surface area contributed by atoms with E-state index in [-0.39, 0.29) is 22.0 Å². The van der Waals surface area contributed by atoms with Crippen molar-refractivity contribution in [1.82, 2.24) is 4.48 Å². The van der Waals surface area contributed by atoms with Crippen molar-refractivity contribution in [3.63, 3.8) is 0 Å². The SMILES string of the molecule is CC1=CC(C)=[N+]2C1=C(c1c(F)ccc(Cl)c1F)c1c(C)cc(C)n1[B-]2(F)F. The highest BCUT2D eigenvalue weighted by atomic mass is 35.5. The maximum atomic E-state index is 15.5. The van der Waals surface area contributed by atoms with Gasteiger partial charge in [0, 0.05) is 24.3 Å². The Morgan fingerprint density at radius 2 is 1.74 bits per heavy atom. The molecule has 0 fully saturated rings. The quantitative estimate of drug-likeness (QED) is 0.344. The number of aryl methyl sites for hydroxylation is 2. The van der Waals surface area contributed by atoms with Gasteiger partial charge in [-0.05, 0) is 50.2 Å². The molecule has 4 rings (SSSR count). The summed E-state index contributed by atoms with van der Waals surface area (Å²) < 4.78 is 62.4. The molecule has 0 amide bonds. The Kier molecular flexibility index (Phi) is 3.76.